The lowest BCUT2D eigenvalue weighted by atomic mass is 9.68. The quantitative estimate of drug-likeness (QED) is 0.723. The van der Waals surface area contributed by atoms with E-state index in [1.54, 1.807) is 12.7 Å². The Kier molecular flexibility index (Phi) is 5.38. The van der Waals surface area contributed by atoms with Crippen molar-refractivity contribution in [1.82, 2.24) is 9.80 Å². The van der Waals surface area contributed by atoms with E-state index < -0.39 is 0 Å². The first-order valence-electron chi connectivity index (χ1n) is 11.6. The Morgan fingerprint density at radius 1 is 1.14 bits per heavy atom. The number of nitrogens with zero attached hydrogens (tertiary/aromatic N) is 2. The number of ether oxygens (including phenoxy) is 1. The Morgan fingerprint density at radius 2 is 2.00 bits per heavy atom. The highest BCUT2D eigenvalue weighted by Crippen LogP contribution is 2.45. The second-order valence-corrected chi connectivity index (χ2v) is 9.44. The van der Waals surface area contributed by atoms with E-state index >= 15 is 0 Å². The van der Waals surface area contributed by atoms with Crippen LogP contribution in [-0.4, -0.2) is 54.5 Å². The van der Waals surface area contributed by atoms with E-state index in [-0.39, 0.29) is 0 Å². The largest absolute Gasteiger partial charge is 0.497 e. The van der Waals surface area contributed by atoms with E-state index in [9.17, 15) is 4.79 Å². The summed E-state index contributed by atoms with van der Waals surface area (Å²) >= 11 is 0. The van der Waals surface area contributed by atoms with E-state index in [4.69, 9.17) is 4.74 Å². The first-order chi connectivity index (χ1) is 14.2. The van der Waals surface area contributed by atoms with Crippen molar-refractivity contribution < 1.29 is 9.53 Å². The summed E-state index contributed by atoms with van der Waals surface area (Å²) in [4.78, 5) is 18.3. The number of rotatable bonds is 4. The number of carbonyl (C=O) groups is 1. The van der Waals surface area contributed by atoms with E-state index in [2.05, 4.69) is 28.0 Å². The van der Waals surface area contributed by atoms with E-state index in [0.717, 1.165) is 37.1 Å². The zero-order chi connectivity index (χ0) is 19.8. The number of hydrogen-bond acceptors (Lipinski definition) is 3. The van der Waals surface area contributed by atoms with Gasteiger partial charge in [0, 0.05) is 25.6 Å². The fourth-order valence-corrected chi connectivity index (χ4v) is 6.44. The van der Waals surface area contributed by atoms with Gasteiger partial charge in [0.05, 0.1) is 13.2 Å². The number of likely N-dealkylation sites (tertiary alicyclic amines) is 1. The SMILES string of the molecule is COc1ccc(CCC(=O)N2CCCC3=C[C@H]4C[C@@H](CN5CCCC[C@@H]45)[C@@H]32)cc1. The first-order valence-corrected chi connectivity index (χ1v) is 11.6. The summed E-state index contributed by atoms with van der Waals surface area (Å²) in [5, 5.41) is 0. The second kappa shape index (κ2) is 8.14. The molecule has 2 bridgehead atoms. The van der Waals surface area contributed by atoms with Crippen LogP contribution in [0.3, 0.4) is 0 Å². The summed E-state index contributed by atoms with van der Waals surface area (Å²) in [5.41, 5.74) is 2.80. The van der Waals surface area contributed by atoms with Gasteiger partial charge in [-0.3, -0.25) is 9.69 Å². The fourth-order valence-electron chi connectivity index (χ4n) is 6.44. The number of fused-ring (bicyclic) bond motifs is 6. The van der Waals surface area contributed by atoms with Gasteiger partial charge in [-0.2, -0.15) is 0 Å². The molecule has 4 atom stereocenters. The van der Waals surface area contributed by atoms with Crippen molar-refractivity contribution in [2.24, 2.45) is 11.8 Å². The Bertz CT molecular complexity index is 772. The first kappa shape index (κ1) is 19.2. The van der Waals surface area contributed by atoms with Crippen molar-refractivity contribution in [3.05, 3.63) is 41.5 Å². The Morgan fingerprint density at radius 3 is 2.83 bits per heavy atom. The third-order valence-corrected chi connectivity index (χ3v) is 7.76. The molecule has 3 saturated heterocycles. The normalized spacial score (nSPS) is 31.5. The Balaban J connectivity index is 1.29. The van der Waals surface area contributed by atoms with Gasteiger partial charge in [-0.05, 0) is 74.6 Å². The lowest BCUT2D eigenvalue weighted by Gasteiger charge is -2.54. The van der Waals surface area contributed by atoms with Crippen LogP contribution in [0.25, 0.3) is 0 Å². The molecule has 4 heteroatoms. The van der Waals surface area contributed by atoms with Crippen molar-refractivity contribution >= 4 is 5.91 Å². The molecule has 1 aromatic rings. The van der Waals surface area contributed by atoms with Gasteiger partial charge in [-0.25, -0.2) is 0 Å². The lowest BCUT2D eigenvalue weighted by molar-refractivity contribution is -0.136. The van der Waals surface area contributed by atoms with Crippen molar-refractivity contribution in [2.75, 3.05) is 26.7 Å². The summed E-state index contributed by atoms with van der Waals surface area (Å²) in [6.07, 6.45) is 11.8. The van der Waals surface area contributed by atoms with Crippen LogP contribution < -0.4 is 4.74 Å². The van der Waals surface area contributed by atoms with Gasteiger partial charge in [0.15, 0.2) is 0 Å². The molecule has 5 rings (SSSR count). The Hall–Kier alpha value is -1.81. The van der Waals surface area contributed by atoms with Crippen molar-refractivity contribution in [3.63, 3.8) is 0 Å². The maximum atomic E-state index is 13.3. The number of methoxy groups -OCH3 is 1. The maximum Gasteiger partial charge on any atom is 0.223 e. The van der Waals surface area contributed by atoms with Gasteiger partial charge >= 0.3 is 0 Å². The number of hydrogen-bond donors (Lipinski definition) is 0. The minimum absolute atomic E-state index is 0.343. The molecule has 1 aliphatic carbocycles. The molecule has 0 aromatic heterocycles. The molecule has 4 aliphatic rings. The van der Waals surface area contributed by atoms with Crippen LogP contribution in [0, 0.1) is 11.8 Å². The minimum Gasteiger partial charge on any atom is -0.497 e. The van der Waals surface area contributed by atoms with Gasteiger partial charge in [0.25, 0.3) is 0 Å². The molecule has 156 valence electrons. The molecular weight excluding hydrogens is 360 g/mol. The molecule has 3 heterocycles. The molecule has 0 spiro atoms. The van der Waals surface area contributed by atoms with Crippen molar-refractivity contribution in [1.29, 1.82) is 0 Å². The van der Waals surface area contributed by atoms with Crippen molar-refractivity contribution in [2.45, 2.75) is 63.5 Å². The topological polar surface area (TPSA) is 32.8 Å². The highest BCUT2D eigenvalue weighted by Gasteiger charge is 2.46. The summed E-state index contributed by atoms with van der Waals surface area (Å²) < 4.78 is 5.24. The molecule has 3 fully saturated rings. The molecule has 0 unspecified atom stereocenters. The van der Waals surface area contributed by atoms with Gasteiger partial charge in [-0.1, -0.05) is 30.2 Å². The van der Waals surface area contributed by atoms with Gasteiger partial charge in [-0.15, -0.1) is 0 Å². The van der Waals surface area contributed by atoms with Crippen molar-refractivity contribution in [3.8, 4) is 5.75 Å². The molecule has 1 aromatic carbocycles. The third-order valence-electron chi connectivity index (χ3n) is 7.76. The highest BCUT2D eigenvalue weighted by molar-refractivity contribution is 5.77. The molecular formula is C25H34N2O2. The van der Waals surface area contributed by atoms with Crippen LogP contribution in [0.5, 0.6) is 5.75 Å². The van der Waals surface area contributed by atoms with Crippen LogP contribution in [0.2, 0.25) is 0 Å². The van der Waals surface area contributed by atoms with Crippen LogP contribution in [-0.2, 0) is 11.2 Å². The third kappa shape index (κ3) is 3.72. The van der Waals surface area contributed by atoms with Crippen LogP contribution in [0.4, 0.5) is 0 Å². The molecule has 0 saturated carbocycles. The molecule has 1 amide bonds. The second-order valence-electron chi connectivity index (χ2n) is 9.44. The van der Waals surface area contributed by atoms with Gasteiger partial charge in [0.1, 0.15) is 5.75 Å². The lowest BCUT2D eigenvalue weighted by Crippen LogP contribution is -2.60. The summed E-state index contributed by atoms with van der Waals surface area (Å²) in [5.74, 6) is 2.58. The molecule has 0 radical (unpaired) electrons. The number of piperidine rings is 3. The van der Waals surface area contributed by atoms with Crippen LogP contribution in [0.1, 0.15) is 50.5 Å². The monoisotopic (exact) mass is 394 g/mol. The predicted molar refractivity (Wildman–Crippen MR) is 115 cm³/mol. The number of carbonyl (C=O) groups excluding carboxylic acids is 1. The zero-order valence-corrected chi connectivity index (χ0v) is 17.7. The van der Waals surface area contributed by atoms with E-state index in [1.807, 2.05) is 12.1 Å². The molecule has 4 nitrogen and oxygen atoms in total. The highest BCUT2D eigenvalue weighted by atomic mass is 16.5. The number of aryl methyl sites for hydroxylation is 1. The summed E-state index contributed by atoms with van der Waals surface area (Å²) in [6.45, 7) is 3.40. The van der Waals surface area contributed by atoms with Gasteiger partial charge in [0.2, 0.25) is 5.91 Å². The fraction of sp³-hybridized carbons (Fsp3) is 0.640. The average Bonchev–Trinajstić information content (AvgIpc) is 2.77. The van der Waals surface area contributed by atoms with Crippen LogP contribution >= 0.6 is 0 Å². The minimum atomic E-state index is 0.343. The maximum absolute atomic E-state index is 13.3. The molecule has 29 heavy (non-hydrogen) atoms. The summed E-state index contributed by atoms with van der Waals surface area (Å²) in [6, 6.07) is 9.27. The average molecular weight is 395 g/mol. The molecule has 0 N–H and O–H groups in total. The summed E-state index contributed by atoms with van der Waals surface area (Å²) in [7, 11) is 1.69. The number of amides is 1. The zero-order valence-electron chi connectivity index (χ0n) is 17.7. The standard InChI is InChI=1S/C25H34N2O2/c1-29-22-10-7-18(8-11-22)9-12-24(28)27-14-4-5-19-15-20-16-21(25(19)27)17-26-13-3-2-6-23(20)26/h7-8,10-11,15,20-21,23,25H,2-6,9,12-14,16-17H2,1H3/t20-,21-,23-,25+/m0/s1. The Labute approximate surface area is 174 Å². The van der Waals surface area contributed by atoms with Crippen LogP contribution in [0.15, 0.2) is 35.9 Å². The van der Waals surface area contributed by atoms with Gasteiger partial charge < -0.3 is 9.64 Å². The number of benzene rings is 1. The predicted octanol–water partition coefficient (Wildman–Crippen LogP) is 4.05. The smallest absolute Gasteiger partial charge is 0.223 e. The molecule has 3 aliphatic heterocycles. The van der Waals surface area contributed by atoms with E-state index in [1.165, 1.54) is 50.8 Å². The van der Waals surface area contributed by atoms with E-state index in [0.29, 0.717) is 24.3 Å².